The van der Waals surface area contributed by atoms with Crippen molar-refractivity contribution in [3.63, 3.8) is 0 Å². The molecule has 1 aromatic heterocycles. The molecule has 0 N–H and O–H groups in total. The molecule has 1 unspecified atom stereocenters. The Balaban J connectivity index is 1.12. The SMILES string of the molecule is CC1CC(c2cccc3c(-c4ccc5oc6ccc(-c7ccccc7)cc6c5c4)cccc23)=CC=C1N(c1ccccc1)c1ccccc1. The maximum Gasteiger partial charge on any atom is 0.135 e. The molecule has 0 fully saturated rings. The molecule has 8 aromatic rings. The Morgan fingerprint density at radius 3 is 1.65 bits per heavy atom. The van der Waals surface area contributed by atoms with E-state index in [0.717, 1.165) is 28.4 Å². The molecule has 0 saturated carbocycles. The minimum Gasteiger partial charge on any atom is -0.456 e. The topological polar surface area (TPSA) is 16.4 Å². The molecule has 2 nitrogen and oxygen atoms in total. The fourth-order valence-corrected chi connectivity index (χ4v) is 7.55. The average molecular weight is 630 g/mol. The third kappa shape index (κ3) is 5.23. The van der Waals surface area contributed by atoms with Crippen molar-refractivity contribution in [3.05, 3.63) is 187 Å². The van der Waals surface area contributed by atoms with Gasteiger partial charge in [-0.05, 0) is 105 Å². The summed E-state index contributed by atoms with van der Waals surface area (Å²) in [6.45, 7) is 2.35. The van der Waals surface area contributed by atoms with Gasteiger partial charge >= 0.3 is 0 Å². The quantitative estimate of drug-likeness (QED) is 0.182. The van der Waals surface area contributed by atoms with Crippen molar-refractivity contribution in [2.24, 2.45) is 5.92 Å². The van der Waals surface area contributed by atoms with Gasteiger partial charge in [-0.15, -0.1) is 0 Å². The van der Waals surface area contributed by atoms with E-state index >= 15 is 0 Å². The molecule has 7 aromatic carbocycles. The van der Waals surface area contributed by atoms with Crippen LogP contribution in [0.5, 0.6) is 0 Å². The van der Waals surface area contributed by atoms with Gasteiger partial charge in [-0.1, -0.05) is 128 Å². The summed E-state index contributed by atoms with van der Waals surface area (Å²) in [7, 11) is 0. The van der Waals surface area contributed by atoms with Crippen LogP contribution in [0.15, 0.2) is 186 Å². The molecule has 1 atom stereocenters. The van der Waals surface area contributed by atoms with Crippen LogP contribution < -0.4 is 4.90 Å². The van der Waals surface area contributed by atoms with Crippen molar-refractivity contribution in [2.75, 3.05) is 4.90 Å². The first-order valence-corrected chi connectivity index (χ1v) is 17.1. The van der Waals surface area contributed by atoms with Gasteiger partial charge in [0.05, 0.1) is 0 Å². The molecule has 9 rings (SSSR count). The van der Waals surface area contributed by atoms with Gasteiger partial charge in [0.15, 0.2) is 0 Å². The molecular weight excluding hydrogens is 595 g/mol. The van der Waals surface area contributed by atoms with Gasteiger partial charge in [-0.2, -0.15) is 0 Å². The first-order valence-electron chi connectivity index (χ1n) is 17.1. The van der Waals surface area contributed by atoms with E-state index in [1.165, 1.54) is 61.2 Å². The number of hydrogen-bond acceptors (Lipinski definition) is 2. The Morgan fingerprint density at radius 1 is 0.469 bits per heavy atom. The normalized spacial score (nSPS) is 14.6. The molecule has 1 heterocycles. The average Bonchev–Trinajstić information content (AvgIpc) is 3.53. The Kier molecular flexibility index (Phi) is 7.21. The minimum atomic E-state index is 0.330. The van der Waals surface area contributed by atoms with Crippen molar-refractivity contribution in [2.45, 2.75) is 13.3 Å². The molecule has 2 heteroatoms. The fraction of sp³-hybridized carbons (Fsp3) is 0.0638. The number of allylic oxidation sites excluding steroid dienone is 4. The molecular formula is C47H35NO. The number of rotatable bonds is 6. The van der Waals surface area contributed by atoms with Crippen LogP contribution in [0, 0.1) is 5.92 Å². The highest BCUT2D eigenvalue weighted by molar-refractivity contribution is 6.09. The lowest BCUT2D eigenvalue weighted by Crippen LogP contribution is -2.23. The minimum absolute atomic E-state index is 0.330. The highest BCUT2D eigenvalue weighted by Gasteiger charge is 2.24. The van der Waals surface area contributed by atoms with E-state index in [0.29, 0.717) is 5.92 Å². The lowest BCUT2D eigenvalue weighted by molar-refractivity contribution is 0.669. The molecule has 0 aliphatic heterocycles. The smallest absolute Gasteiger partial charge is 0.135 e. The van der Waals surface area contributed by atoms with Crippen LogP contribution in [-0.4, -0.2) is 0 Å². The van der Waals surface area contributed by atoms with Crippen molar-refractivity contribution < 1.29 is 4.42 Å². The second kappa shape index (κ2) is 12.2. The van der Waals surface area contributed by atoms with Gasteiger partial charge in [-0.3, -0.25) is 0 Å². The molecule has 0 amide bonds. The Morgan fingerprint density at radius 2 is 1.02 bits per heavy atom. The number of nitrogens with zero attached hydrogens (tertiary/aromatic N) is 1. The summed E-state index contributed by atoms with van der Waals surface area (Å²) in [5, 5.41) is 4.82. The van der Waals surface area contributed by atoms with Crippen LogP contribution in [0.4, 0.5) is 11.4 Å². The number of anilines is 2. The van der Waals surface area contributed by atoms with Gasteiger partial charge in [-0.25, -0.2) is 0 Å². The molecule has 0 spiro atoms. The lowest BCUT2D eigenvalue weighted by Gasteiger charge is -2.34. The van der Waals surface area contributed by atoms with Crippen molar-refractivity contribution >= 4 is 49.7 Å². The van der Waals surface area contributed by atoms with Crippen molar-refractivity contribution in [1.82, 2.24) is 0 Å². The molecule has 234 valence electrons. The Bertz CT molecular complexity index is 2480. The number of furan rings is 1. The van der Waals surface area contributed by atoms with Gasteiger partial charge in [0, 0.05) is 33.8 Å². The molecule has 0 saturated heterocycles. The summed E-state index contributed by atoms with van der Waals surface area (Å²) in [4.78, 5) is 2.40. The van der Waals surface area contributed by atoms with E-state index in [-0.39, 0.29) is 0 Å². The lowest BCUT2D eigenvalue weighted by atomic mass is 9.85. The van der Waals surface area contributed by atoms with E-state index < -0.39 is 0 Å². The third-order valence-corrected chi connectivity index (χ3v) is 9.93. The largest absolute Gasteiger partial charge is 0.456 e. The molecule has 0 radical (unpaired) electrons. The van der Waals surface area contributed by atoms with E-state index in [1.54, 1.807) is 0 Å². The third-order valence-electron chi connectivity index (χ3n) is 9.93. The molecule has 49 heavy (non-hydrogen) atoms. The summed E-state index contributed by atoms with van der Waals surface area (Å²) >= 11 is 0. The second-order valence-electron chi connectivity index (χ2n) is 13.0. The maximum absolute atomic E-state index is 6.30. The monoisotopic (exact) mass is 629 g/mol. The predicted molar refractivity (Wildman–Crippen MR) is 207 cm³/mol. The summed E-state index contributed by atoms with van der Waals surface area (Å²) < 4.78 is 6.30. The van der Waals surface area contributed by atoms with E-state index in [9.17, 15) is 0 Å². The van der Waals surface area contributed by atoms with E-state index in [2.05, 4.69) is 188 Å². The highest BCUT2D eigenvalue weighted by atomic mass is 16.3. The van der Waals surface area contributed by atoms with Gasteiger partial charge in [0.1, 0.15) is 11.2 Å². The Hall–Kier alpha value is -6.12. The van der Waals surface area contributed by atoms with Gasteiger partial charge in [0.2, 0.25) is 0 Å². The molecule has 0 bridgehead atoms. The number of hydrogen-bond donors (Lipinski definition) is 0. The number of benzene rings is 7. The van der Waals surface area contributed by atoms with E-state index in [1.807, 2.05) is 0 Å². The van der Waals surface area contributed by atoms with Crippen molar-refractivity contribution in [3.8, 4) is 22.3 Å². The number of fused-ring (bicyclic) bond motifs is 4. The summed E-state index contributed by atoms with van der Waals surface area (Å²) in [5.41, 5.74) is 13.0. The molecule has 1 aliphatic carbocycles. The maximum atomic E-state index is 6.30. The van der Waals surface area contributed by atoms with E-state index in [4.69, 9.17) is 4.42 Å². The first kappa shape index (κ1) is 29.1. The summed E-state index contributed by atoms with van der Waals surface area (Å²) in [6.07, 6.45) is 5.62. The zero-order valence-corrected chi connectivity index (χ0v) is 27.4. The zero-order chi connectivity index (χ0) is 32.7. The zero-order valence-electron chi connectivity index (χ0n) is 27.4. The second-order valence-corrected chi connectivity index (χ2v) is 13.0. The standard InChI is InChI=1S/C47H35NO/c1-32-29-35(23-26-45(32)48(37-15-7-3-8-16-37)38-17-9-4-10-18-38)39-19-11-22-42-40(20-12-21-41(39)42)36-25-28-47-44(31-36)43-30-34(24-27-46(43)49-47)33-13-5-2-6-14-33/h2-28,30-32H,29H2,1H3. The van der Waals surface area contributed by atoms with Crippen LogP contribution in [0.25, 0.3) is 60.5 Å². The van der Waals surface area contributed by atoms with Crippen molar-refractivity contribution in [1.29, 1.82) is 0 Å². The van der Waals surface area contributed by atoms with Crippen LogP contribution in [-0.2, 0) is 0 Å². The summed E-state index contributed by atoms with van der Waals surface area (Å²) in [5.74, 6) is 0.330. The van der Waals surface area contributed by atoms with Crippen LogP contribution in [0.1, 0.15) is 18.9 Å². The predicted octanol–water partition coefficient (Wildman–Crippen LogP) is 13.2. The van der Waals surface area contributed by atoms with Gasteiger partial charge in [0.25, 0.3) is 0 Å². The van der Waals surface area contributed by atoms with Crippen LogP contribution >= 0.6 is 0 Å². The highest BCUT2D eigenvalue weighted by Crippen LogP contribution is 2.42. The molecule has 1 aliphatic rings. The Labute approximate surface area is 286 Å². The van der Waals surface area contributed by atoms with Crippen LogP contribution in [0.3, 0.4) is 0 Å². The fourth-order valence-electron chi connectivity index (χ4n) is 7.55. The summed E-state index contributed by atoms with van der Waals surface area (Å²) in [6, 6.07) is 58.5. The van der Waals surface area contributed by atoms with Crippen LogP contribution in [0.2, 0.25) is 0 Å². The van der Waals surface area contributed by atoms with Gasteiger partial charge < -0.3 is 9.32 Å². The number of para-hydroxylation sites is 2. The first-order chi connectivity index (χ1) is 24.2.